The van der Waals surface area contributed by atoms with Gasteiger partial charge in [0.25, 0.3) is 0 Å². The van der Waals surface area contributed by atoms with Crippen molar-refractivity contribution in [3.05, 3.63) is 47.0 Å². The molecular weight excluding hydrogens is 778 g/mol. The number of esters is 4. The lowest BCUT2D eigenvalue weighted by atomic mass is 9.44. The largest absolute Gasteiger partial charge is 0.456 e. The van der Waals surface area contributed by atoms with Crippen molar-refractivity contribution in [2.24, 2.45) is 16.7 Å². The molecule has 1 amide bonds. The summed E-state index contributed by atoms with van der Waals surface area (Å²) in [4.78, 5) is 66.6. The molecule has 1 aromatic rings. The van der Waals surface area contributed by atoms with Gasteiger partial charge >= 0.3 is 30.0 Å². The molecule has 0 unspecified atom stereocenters. The van der Waals surface area contributed by atoms with Crippen LogP contribution in [0.25, 0.3) is 0 Å². The van der Waals surface area contributed by atoms with E-state index in [1.165, 1.54) is 26.0 Å². The van der Waals surface area contributed by atoms with Gasteiger partial charge in [-0.15, -0.1) is 0 Å². The third-order valence-electron chi connectivity index (χ3n) is 12.5. The highest BCUT2D eigenvalue weighted by atomic mass is 16.6. The number of nitrogens with one attached hydrogen (secondary N) is 1. The number of aliphatic hydroxyl groups is 6. The van der Waals surface area contributed by atoms with E-state index in [9.17, 15) is 54.6 Å². The second kappa shape index (κ2) is 16.4. The van der Waals surface area contributed by atoms with Crippen LogP contribution in [0.4, 0.5) is 4.79 Å². The van der Waals surface area contributed by atoms with Crippen molar-refractivity contribution in [1.82, 2.24) is 5.32 Å². The molecule has 59 heavy (non-hydrogen) atoms. The first kappa shape index (κ1) is 45.9. The molecule has 7 N–H and O–H groups in total. The summed E-state index contributed by atoms with van der Waals surface area (Å²) in [6, 6.07) is 5.87. The predicted octanol–water partition coefficient (Wildman–Crippen LogP) is 0.603. The van der Waals surface area contributed by atoms with Gasteiger partial charge in [-0.2, -0.15) is 0 Å². The maximum absolute atomic E-state index is 14.2. The quantitative estimate of drug-likeness (QED) is 0.0966. The lowest BCUT2D eigenvalue weighted by molar-refractivity contribution is -0.365. The third-order valence-corrected chi connectivity index (χ3v) is 12.5. The first-order chi connectivity index (χ1) is 27.3. The van der Waals surface area contributed by atoms with E-state index in [0.717, 1.165) is 13.8 Å². The number of alkyl carbamates (subject to hydrolysis) is 1. The summed E-state index contributed by atoms with van der Waals surface area (Å²) >= 11 is 0. The number of amides is 1. The van der Waals surface area contributed by atoms with E-state index in [0.29, 0.717) is 0 Å². The van der Waals surface area contributed by atoms with Crippen molar-refractivity contribution >= 4 is 30.0 Å². The predicted molar refractivity (Wildman–Crippen MR) is 202 cm³/mol. The summed E-state index contributed by atoms with van der Waals surface area (Å²) in [5.74, 6) is -5.57. The molecule has 18 nitrogen and oxygen atoms in total. The van der Waals surface area contributed by atoms with Crippen LogP contribution in [-0.4, -0.2) is 146 Å². The van der Waals surface area contributed by atoms with Crippen LogP contribution in [0, 0.1) is 16.7 Å². The van der Waals surface area contributed by atoms with Gasteiger partial charge in [-0.1, -0.05) is 39.0 Å². The Morgan fingerprint density at radius 2 is 1.59 bits per heavy atom. The second-order valence-corrected chi connectivity index (χ2v) is 17.8. The standard InChI is InChI=1S/C41H57NO17/c1-19-24(56-35(51)29(48)28(23(46)17-43)42-36(52)59-37(4,5)6)16-41(53)33(57-34(50)22-13-11-10-12-14-22)31-39(9,25(47)15-26-40(31,18-54-26)58-21(3)45)32(49)30(55-20(2)44)27(19)38(41,7)8/h10-14,23-26,28-33,43,46-49,53H,15-18H2,1-9H3,(H,42,52)/t23-,24+,25+,26-,28+,29-,30-,31+,32+,33+,39-,40+,41-/m1/s1. The van der Waals surface area contributed by atoms with Crippen molar-refractivity contribution < 1.29 is 83.0 Å². The Bertz CT molecular complexity index is 1830. The molecular formula is C41H57NO17. The Balaban J connectivity index is 1.72. The van der Waals surface area contributed by atoms with E-state index in [-0.39, 0.29) is 29.7 Å². The van der Waals surface area contributed by atoms with E-state index in [1.807, 2.05) is 0 Å². The fraction of sp³-hybridized carbons (Fsp3) is 0.683. The van der Waals surface area contributed by atoms with Gasteiger partial charge < -0.3 is 64.4 Å². The summed E-state index contributed by atoms with van der Waals surface area (Å²) in [6.07, 6.45) is -15.7. The Hall–Kier alpha value is -4.17. The van der Waals surface area contributed by atoms with Crippen molar-refractivity contribution in [2.45, 2.75) is 147 Å². The molecule has 2 bridgehead atoms. The fourth-order valence-corrected chi connectivity index (χ4v) is 9.56. The van der Waals surface area contributed by atoms with Crippen LogP contribution >= 0.6 is 0 Å². The number of hydrogen-bond donors (Lipinski definition) is 7. The van der Waals surface area contributed by atoms with E-state index in [1.54, 1.807) is 52.8 Å². The first-order valence-electron chi connectivity index (χ1n) is 19.5. The zero-order valence-corrected chi connectivity index (χ0v) is 34.7. The van der Waals surface area contributed by atoms with Crippen LogP contribution in [0.2, 0.25) is 0 Å². The molecule has 1 aliphatic heterocycles. The Labute approximate surface area is 341 Å². The molecule has 5 rings (SSSR count). The Morgan fingerprint density at radius 3 is 2.12 bits per heavy atom. The maximum Gasteiger partial charge on any atom is 0.408 e. The average molecular weight is 836 g/mol. The molecule has 2 saturated carbocycles. The van der Waals surface area contributed by atoms with Crippen LogP contribution in [0.5, 0.6) is 0 Å². The Kier molecular flexibility index (Phi) is 12.7. The van der Waals surface area contributed by atoms with Crippen molar-refractivity contribution in [1.29, 1.82) is 0 Å². The number of benzene rings is 1. The molecule has 0 radical (unpaired) electrons. The lowest BCUT2D eigenvalue weighted by Gasteiger charge is -2.69. The molecule has 1 aromatic carbocycles. The number of ether oxygens (including phenoxy) is 6. The van der Waals surface area contributed by atoms with Gasteiger partial charge in [0, 0.05) is 37.5 Å². The van der Waals surface area contributed by atoms with E-state index >= 15 is 0 Å². The molecule has 0 aromatic heterocycles. The summed E-state index contributed by atoms with van der Waals surface area (Å²) in [5, 5.41) is 72.0. The van der Waals surface area contributed by atoms with Gasteiger partial charge in [0.2, 0.25) is 0 Å². The van der Waals surface area contributed by atoms with Crippen molar-refractivity contribution in [3.8, 4) is 0 Å². The number of hydrogen-bond acceptors (Lipinski definition) is 17. The van der Waals surface area contributed by atoms with Crippen LogP contribution in [0.3, 0.4) is 0 Å². The van der Waals surface area contributed by atoms with E-state index < -0.39 is 131 Å². The number of carbonyl (C=O) groups excluding carboxylic acids is 5. The minimum Gasteiger partial charge on any atom is -0.456 e. The van der Waals surface area contributed by atoms with Gasteiger partial charge in [-0.25, -0.2) is 14.4 Å². The van der Waals surface area contributed by atoms with Crippen molar-refractivity contribution in [3.63, 3.8) is 0 Å². The number of aliphatic hydroxyl groups excluding tert-OH is 5. The fourth-order valence-electron chi connectivity index (χ4n) is 9.56. The monoisotopic (exact) mass is 835 g/mol. The molecule has 1 heterocycles. The molecule has 3 fully saturated rings. The normalized spacial score (nSPS) is 35.1. The number of rotatable bonds is 10. The minimum atomic E-state index is -2.42. The van der Waals surface area contributed by atoms with E-state index in [2.05, 4.69) is 5.32 Å². The molecule has 1 saturated heterocycles. The highest BCUT2D eigenvalue weighted by Crippen LogP contribution is 2.65. The summed E-state index contributed by atoms with van der Waals surface area (Å²) in [7, 11) is 0. The molecule has 0 spiro atoms. The minimum absolute atomic E-state index is 0.0150. The van der Waals surface area contributed by atoms with E-state index in [4.69, 9.17) is 28.4 Å². The molecule has 4 aliphatic rings. The molecule has 13 atom stereocenters. The Morgan fingerprint density at radius 1 is 0.966 bits per heavy atom. The molecule has 3 aliphatic carbocycles. The second-order valence-electron chi connectivity index (χ2n) is 17.8. The maximum atomic E-state index is 14.2. The van der Waals surface area contributed by atoms with Gasteiger partial charge in [0.05, 0.1) is 36.8 Å². The summed E-state index contributed by atoms with van der Waals surface area (Å²) in [6.45, 7) is 11.6. The van der Waals surface area contributed by atoms with Crippen LogP contribution in [0.1, 0.15) is 85.5 Å². The zero-order valence-electron chi connectivity index (χ0n) is 34.7. The number of carbonyl (C=O) groups is 5. The zero-order chi connectivity index (χ0) is 44.2. The highest BCUT2D eigenvalue weighted by Gasteiger charge is 2.78. The molecule has 328 valence electrons. The van der Waals surface area contributed by atoms with Gasteiger partial charge in [-0.05, 0) is 51.0 Å². The SMILES string of the molecule is CC(=O)O[C@@H]1C2=C(C)[C@@H](OC(=O)[C@H](O)[C@@H](NC(=O)OC(C)(C)C)[C@H](O)CO)C[C@@](O)([C@@H](OC(=O)c3ccccc3)[C@@H]3[C@]4(OC(C)=O)CO[C@@H]4C[C@H](O)[C@@]3(C)[C@H]1O)C2(C)C. The lowest BCUT2D eigenvalue weighted by Crippen LogP contribution is -2.82. The molecule has 18 heteroatoms. The van der Waals surface area contributed by atoms with Gasteiger partial charge in [0.15, 0.2) is 17.8 Å². The van der Waals surface area contributed by atoms with Crippen LogP contribution < -0.4 is 5.32 Å². The van der Waals surface area contributed by atoms with Gasteiger partial charge in [-0.3, -0.25) is 9.59 Å². The third kappa shape index (κ3) is 8.07. The van der Waals surface area contributed by atoms with Crippen LogP contribution in [-0.2, 0) is 42.8 Å². The summed E-state index contributed by atoms with van der Waals surface area (Å²) in [5.41, 5.74) is -8.56. The topological polar surface area (TPSA) is 274 Å². The first-order valence-corrected chi connectivity index (χ1v) is 19.5. The van der Waals surface area contributed by atoms with Crippen molar-refractivity contribution in [2.75, 3.05) is 13.2 Å². The smallest absolute Gasteiger partial charge is 0.408 e. The number of fused-ring (bicyclic) bond motifs is 5. The summed E-state index contributed by atoms with van der Waals surface area (Å²) < 4.78 is 35.2. The van der Waals surface area contributed by atoms with Gasteiger partial charge in [0.1, 0.15) is 41.7 Å². The van der Waals surface area contributed by atoms with Crippen LogP contribution in [0.15, 0.2) is 41.5 Å². The average Bonchev–Trinajstić information content (AvgIpc) is 3.13. The highest BCUT2D eigenvalue weighted by molar-refractivity contribution is 5.89.